The highest BCUT2D eigenvalue weighted by molar-refractivity contribution is 7.47. The summed E-state index contributed by atoms with van der Waals surface area (Å²) in [7, 11) is -8.77. The lowest BCUT2D eigenvalue weighted by molar-refractivity contribution is 0.147. The molecule has 9 nitrogen and oxygen atoms in total. The van der Waals surface area contributed by atoms with Crippen molar-refractivity contribution in [2.75, 3.05) is 26.4 Å². The van der Waals surface area contributed by atoms with Crippen LogP contribution in [-0.2, 0) is 48.4 Å². The van der Waals surface area contributed by atoms with Crippen molar-refractivity contribution in [2.24, 2.45) is 0 Å². The fourth-order valence-electron chi connectivity index (χ4n) is 10.2. The van der Waals surface area contributed by atoms with E-state index < -0.39 is 15.6 Å². The number of phosphoric acid groups is 2. The van der Waals surface area contributed by atoms with Crippen molar-refractivity contribution < 1.29 is 42.5 Å². The number of hydrogen-bond donors (Lipinski definition) is 4. The Morgan fingerprint density at radius 2 is 0.619 bits per heavy atom. The second-order valence-electron chi connectivity index (χ2n) is 16.6. The third-order valence-electron chi connectivity index (χ3n) is 12.8. The van der Waals surface area contributed by atoms with Gasteiger partial charge >= 0.3 is 15.6 Å². The Kier molecular flexibility index (Phi) is 11.4. The quantitative estimate of drug-likeness (QED) is 0.0287. The summed E-state index contributed by atoms with van der Waals surface area (Å²) in [5.74, 6) is 0. The van der Waals surface area contributed by atoms with E-state index in [4.69, 9.17) is 18.8 Å². The molecule has 0 fully saturated rings. The van der Waals surface area contributed by atoms with Gasteiger partial charge in [0.1, 0.15) is 0 Å². The average Bonchev–Trinajstić information content (AvgIpc) is 3.28. The zero-order valence-electron chi connectivity index (χ0n) is 34.8. The van der Waals surface area contributed by atoms with Crippen molar-refractivity contribution in [1.29, 1.82) is 0 Å². The van der Waals surface area contributed by atoms with Crippen LogP contribution in [0.4, 0.5) is 0 Å². The monoisotopic (exact) mass is 878 g/mol. The van der Waals surface area contributed by atoms with E-state index in [1.165, 1.54) is 65.0 Å². The molecule has 0 heterocycles. The van der Waals surface area contributed by atoms with Gasteiger partial charge in [-0.25, -0.2) is 9.13 Å². The zero-order chi connectivity index (χ0) is 43.3. The molecule has 63 heavy (non-hydrogen) atoms. The first-order valence-corrected chi connectivity index (χ1v) is 24.8. The maximum atomic E-state index is 13.0. The van der Waals surface area contributed by atoms with Gasteiger partial charge in [-0.3, -0.25) is 13.6 Å². The number of aliphatic hydroxyl groups is 1. The Morgan fingerprint density at radius 3 is 0.921 bits per heavy atom. The van der Waals surface area contributed by atoms with Crippen LogP contribution in [0.25, 0.3) is 86.2 Å². The lowest BCUT2D eigenvalue weighted by Crippen LogP contribution is -2.01. The molecule has 10 aromatic rings. The molecule has 0 aliphatic heterocycles. The molecule has 0 amide bonds. The predicted molar refractivity (Wildman–Crippen MR) is 255 cm³/mol. The number of hydrogen-bond acceptors (Lipinski definition) is 6. The molecule has 0 saturated carbocycles. The number of aliphatic hydroxyl groups excluding tert-OH is 1. The van der Waals surface area contributed by atoms with Crippen LogP contribution in [0.1, 0.15) is 47.9 Å². The Bertz CT molecular complexity index is 3370. The smallest absolute Gasteiger partial charge is 0.396 e. The Hall–Kier alpha value is -5.02. The van der Waals surface area contributed by atoms with Crippen LogP contribution in [0.2, 0.25) is 0 Å². The molecule has 0 saturated heterocycles. The standard InChI is InChI=1S/C52H48O9P2/c53-29-5-9-33-21-25-45-42-18-3-15-39-35(23-27-46(51(39)42)41-17-1-13-37(33)49(41)45)11-7-31-60-63(57,58)61-32-8-12-36-24-28-48-43-19-2-14-38-34(10-6-30-59-62(54,55)56)22-26-47(50(38)43)44-20-4-16-40(36)52(44)48/h1-4,13-28,53H,5-12,29-32H2,(H,57,58)(H2,54,55,56). The van der Waals surface area contributed by atoms with E-state index in [2.05, 4.69) is 126 Å². The molecule has 10 aromatic carbocycles. The van der Waals surface area contributed by atoms with E-state index in [1.807, 2.05) is 0 Å². The molecule has 0 spiro atoms. The highest BCUT2D eigenvalue weighted by Crippen LogP contribution is 2.46. The highest BCUT2D eigenvalue weighted by atomic mass is 31.2. The third kappa shape index (κ3) is 7.97. The Morgan fingerprint density at radius 1 is 0.349 bits per heavy atom. The largest absolute Gasteiger partial charge is 0.472 e. The van der Waals surface area contributed by atoms with E-state index >= 15 is 0 Å². The summed E-state index contributed by atoms with van der Waals surface area (Å²) in [5.41, 5.74) is 4.65. The number of phosphoric ester groups is 2. The predicted octanol–water partition coefficient (Wildman–Crippen LogP) is 12.5. The molecule has 1 unspecified atom stereocenters. The normalized spacial score (nSPS) is 13.7. The van der Waals surface area contributed by atoms with Gasteiger partial charge in [-0.05, 0) is 160 Å². The average molecular weight is 879 g/mol. The Labute approximate surface area is 364 Å². The minimum atomic E-state index is -4.50. The lowest BCUT2D eigenvalue weighted by Gasteiger charge is -2.18. The fraction of sp³-hybridized carbons (Fsp3) is 0.231. The van der Waals surface area contributed by atoms with E-state index in [0.29, 0.717) is 38.5 Å². The lowest BCUT2D eigenvalue weighted by atomic mass is 9.86. The van der Waals surface area contributed by atoms with Crippen molar-refractivity contribution >= 4 is 102 Å². The summed E-state index contributed by atoms with van der Waals surface area (Å²) in [4.78, 5) is 28.8. The summed E-state index contributed by atoms with van der Waals surface area (Å²) in [5, 5.41) is 28.4. The molecule has 4 N–H and O–H groups in total. The second kappa shape index (κ2) is 17.2. The van der Waals surface area contributed by atoms with Crippen molar-refractivity contribution in [2.45, 2.75) is 51.4 Å². The Balaban J connectivity index is 0.796. The van der Waals surface area contributed by atoms with Crippen LogP contribution >= 0.6 is 15.6 Å². The SMILES string of the molecule is O=P(O)(O)OCCCc1ccc2c3cccc4c(CCCOP(=O)(O)OCCCc5ccc6c7cccc8c(CCCO)ccc(c9cccc5c96)c87)ccc(c5cccc1c25)c43. The minimum absolute atomic E-state index is 0.0232. The van der Waals surface area contributed by atoms with Gasteiger partial charge in [0, 0.05) is 6.61 Å². The summed E-state index contributed by atoms with van der Waals surface area (Å²) >= 11 is 0. The van der Waals surface area contributed by atoms with Crippen molar-refractivity contribution in [3.63, 3.8) is 0 Å². The number of aryl methyl sites for hydroxylation is 4. The fourth-order valence-corrected chi connectivity index (χ4v) is 11.3. The molecule has 0 aliphatic carbocycles. The summed E-state index contributed by atoms with van der Waals surface area (Å²) in [6.45, 7) is 0.313. The number of rotatable bonds is 18. The minimum Gasteiger partial charge on any atom is -0.396 e. The number of fused-ring (bicyclic) bond motifs is 4. The first-order valence-electron chi connectivity index (χ1n) is 21.7. The molecule has 1 atom stereocenters. The van der Waals surface area contributed by atoms with Crippen LogP contribution < -0.4 is 0 Å². The van der Waals surface area contributed by atoms with Crippen LogP contribution in [0, 0.1) is 0 Å². The maximum Gasteiger partial charge on any atom is 0.472 e. The topological polar surface area (TPSA) is 143 Å². The van der Waals surface area contributed by atoms with Crippen molar-refractivity contribution in [1.82, 2.24) is 0 Å². The molecule has 10 rings (SSSR count). The molecule has 0 bridgehead atoms. The van der Waals surface area contributed by atoms with Crippen LogP contribution in [0.15, 0.2) is 121 Å². The molecular formula is C52H48O9P2. The van der Waals surface area contributed by atoms with E-state index in [1.54, 1.807) is 0 Å². The van der Waals surface area contributed by atoms with Gasteiger partial charge in [-0.15, -0.1) is 0 Å². The molecule has 0 radical (unpaired) electrons. The second-order valence-corrected chi connectivity index (χ2v) is 19.3. The first-order chi connectivity index (χ1) is 30.6. The highest BCUT2D eigenvalue weighted by Gasteiger charge is 2.22. The van der Waals surface area contributed by atoms with E-state index in [-0.39, 0.29) is 26.4 Å². The van der Waals surface area contributed by atoms with Crippen molar-refractivity contribution in [3.05, 3.63) is 144 Å². The van der Waals surface area contributed by atoms with Gasteiger partial charge in [0.25, 0.3) is 0 Å². The summed E-state index contributed by atoms with van der Waals surface area (Å²) in [6.07, 6.45) is 5.10. The third-order valence-corrected chi connectivity index (χ3v) is 14.4. The number of benzene rings is 10. The molecule has 320 valence electrons. The van der Waals surface area contributed by atoms with Gasteiger partial charge in [0.15, 0.2) is 0 Å². The first kappa shape index (κ1) is 42.0. The van der Waals surface area contributed by atoms with E-state index in [9.17, 15) is 19.1 Å². The molecule has 11 heteroatoms. The molecule has 0 aromatic heterocycles. The van der Waals surface area contributed by atoms with Crippen LogP contribution in [-0.4, -0.2) is 46.2 Å². The van der Waals surface area contributed by atoms with Gasteiger partial charge in [0.05, 0.1) is 19.8 Å². The summed E-state index contributed by atoms with van der Waals surface area (Å²) < 4.78 is 39.9. The maximum absolute atomic E-state index is 13.0. The summed E-state index contributed by atoms with van der Waals surface area (Å²) in [6, 6.07) is 43.0. The molecular weight excluding hydrogens is 831 g/mol. The zero-order valence-corrected chi connectivity index (χ0v) is 36.5. The van der Waals surface area contributed by atoms with Crippen LogP contribution in [0.3, 0.4) is 0 Å². The van der Waals surface area contributed by atoms with Crippen molar-refractivity contribution in [3.8, 4) is 0 Å². The van der Waals surface area contributed by atoms with Gasteiger partial charge in [-0.1, -0.05) is 121 Å². The van der Waals surface area contributed by atoms with Gasteiger partial charge in [-0.2, -0.15) is 0 Å². The van der Waals surface area contributed by atoms with Gasteiger partial charge < -0.3 is 19.8 Å². The van der Waals surface area contributed by atoms with Gasteiger partial charge in [0.2, 0.25) is 0 Å². The van der Waals surface area contributed by atoms with E-state index in [0.717, 1.165) is 56.3 Å². The molecule has 0 aliphatic rings. The van der Waals surface area contributed by atoms with Crippen LogP contribution in [0.5, 0.6) is 0 Å².